The molecule has 0 atom stereocenters. The molecule has 2 aromatic carbocycles. The van der Waals surface area contributed by atoms with Crippen LogP contribution in [-0.2, 0) is 0 Å². The standard InChI is InChI=1S/C28H32N6O4/c29-33-31-15-5-1-3-7-17-37-27-19-23(11-13-25(27)21-35)9-10-24-12-14-26(22-36)28(20-24)38-18-8-4-2-6-16-32-34-30/h11-14,19-22H,1-8,15-18H2. The molecule has 0 aliphatic rings. The van der Waals surface area contributed by atoms with Crippen molar-refractivity contribution in [3.05, 3.63) is 79.5 Å². The molecular formula is C28H32N6O4. The van der Waals surface area contributed by atoms with E-state index in [0.29, 0.717) is 60.1 Å². The minimum absolute atomic E-state index is 0.461. The Kier molecular flexibility index (Phi) is 14.7. The second-order valence-corrected chi connectivity index (χ2v) is 8.43. The SMILES string of the molecule is [N-]=[N+]=NCCCCCCOc1cc(C#Cc2ccc(C=O)c(OCCCCCCN=[N+]=[N-])c2)ccc1C=O. The summed E-state index contributed by atoms with van der Waals surface area (Å²) in [6.45, 7) is 1.95. The first kappa shape index (κ1) is 29.8. The summed E-state index contributed by atoms with van der Waals surface area (Å²) in [6, 6.07) is 10.4. The zero-order valence-electron chi connectivity index (χ0n) is 21.4. The monoisotopic (exact) mass is 516 g/mol. The van der Waals surface area contributed by atoms with Gasteiger partial charge in [-0.1, -0.05) is 47.8 Å². The van der Waals surface area contributed by atoms with Crippen molar-refractivity contribution in [2.75, 3.05) is 26.3 Å². The Morgan fingerprint density at radius 1 is 0.658 bits per heavy atom. The van der Waals surface area contributed by atoms with Gasteiger partial charge in [0.25, 0.3) is 0 Å². The van der Waals surface area contributed by atoms with Crippen LogP contribution in [0.1, 0.15) is 83.2 Å². The summed E-state index contributed by atoms with van der Waals surface area (Å²) in [5.74, 6) is 7.14. The molecule has 0 bridgehead atoms. The number of benzene rings is 2. The van der Waals surface area contributed by atoms with Gasteiger partial charge in [0.15, 0.2) is 12.6 Å². The van der Waals surface area contributed by atoms with Crippen molar-refractivity contribution in [3.63, 3.8) is 0 Å². The highest BCUT2D eigenvalue weighted by Gasteiger charge is 2.06. The summed E-state index contributed by atoms with van der Waals surface area (Å²) >= 11 is 0. The number of carbonyl (C=O) groups is 2. The second kappa shape index (κ2) is 18.8. The number of ether oxygens (including phenoxy) is 2. The Labute approximate surface area is 222 Å². The molecular weight excluding hydrogens is 484 g/mol. The molecule has 0 heterocycles. The molecule has 0 radical (unpaired) electrons. The van der Waals surface area contributed by atoms with Gasteiger partial charge in [-0.05, 0) is 73.1 Å². The summed E-state index contributed by atoms with van der Waals surface area (Å²) in [5, 5.41) is 7.03. The third-order valence-corrected chi connectivity index (χ3v) is 5.58. The molecule has 0 aromatic heterocycles. The van der Waals surface area contributed by atoms with E-state index in [4.69, 9.17) is 20.5 Å². The first-order chi connectivity index (χ1) is 18.7. The van der Waals surface area contributed by atoms with E-state index in [1.807, 2.05) is 0 Å². The van der Waals surface area contributed by atoms with E-state index in [2.05, 4.69) is 31.9 Å². The summed E-state index contributed by atoms with van der Waals surface area (Å²) in [5.41, 5.74) is 18.9. The van der Waals surface area contributed by atoms with Crippen LogP contribution in [0, 0.1) is 11.8 Å². The van der Waals surface area contributed by atoms with E-state index < -0.39 is 0 Å². The van der Waals surface area contributed by atoms with Crippen molar-refractivity contribution in [2.24, 2.45) is 10.2 Å². The van der Waals surface area contributed by atoms with Crippen LogP contribution in [0.5, 0.6) is 11.5 Å². The fraction of sp³-hybridized carbons (Fsp3) is 0.429. The van der Waals surface area contributed by atoms with Crippen LogP contribution in [-0.4, -0.2) is 38.9 Å². The van der Waals surface area contributed by atoms with Gasteiger partial charge in [-0.15, -0.1) is 0 Å². The lowest BCUT2D eigenvalue weighted by Gasteiger charge is -2.09. The van der Waals surface area contributed by atoms with Gasteiger partial charge in [-0.2, -0.15) is 0 Å². The first-order valence-electron chi connectivity index (χ1n) is 12.7. The topological polar surface area (TPSA) is 150 Å². The molecule has 38 heavy (non-hydrogen) atoms. The molecule has 198 valence electrons. The summed E-state index contributed by atoms with van der Waals surface area (Å²) < 4.78 is 11.7. The lowest BCUT2D eigenvalue weighted by Crippen LogP contribution is -2.01. The average molecular weight is 517 g/mol. The Morgan fingerprint density at radius 3 is 1.47 bits per heavy atom. The van der Waals surface area contributed by atoms with Gasteiger partial charge < -0.3 is 9.47 Å². The molecule has 0 aliphatic carbocycles. The molecule has 10 nitrogen and oxygen atoms in total. The molecule has 0 fully saturated rings. The molecule has 0 aliphatic heterocycles. The maximum Gasteiger partial charge on any atom is 0.153 e. The zero-order chi connectivity index (χ0) is 27.3. The quantitative estimate of drug-likeness (QED) is 0.0513. The minimum Gasteiger partial charge on any atom is -0.493 e. The van der Waals surface area contributed by atoms with Crippen LogP contribution in [0.2, 0.25) is 0 Å². The highest BCUT2D eigenvalue weighted by Crippen LogP contribution is 2.21. The Hall–Kier alpha value is -4.44. The van der Waals surface area contributed by atoms with Crippen molar-refractivity contribution in [2.45, 2.75) is 51.4 Å². The number of hydrogen-bond acceptors (Lipinski definition) is 6. The zero-order valence-corrected chi connectivity index (χ0v) is 21.4. The Morgan fingerprint density at radius 2 is 1.08 bits per heavy atom. The summed E-state index contributed by atoms with van der Waals surface area (Å²) in [6.07, 6.45) is 8.63. The smallest absolute Gasteiger partial charge is 0.153 e. The van der Waals surface area contributed by atoms with Crippen LogP contribution in [0.25, 0.3) is 20.9 Å². The third-order valence-electron chi connectivity index (χ3n) is 5.58. The molecule has 10 heteroatoms. The summed E-state index contributed by atoms with van der Waals surface area (Å²) in [4.78, 5) is 28.3. The van der Waals surface area contributed by atoms with Gasteiger partial charge in [-0.3, -0.25) is 9.59 Å². The number of hydrogen-bond donors (Lipinski definition) is 0. The van der Waals surface area contributed by atoms with Crippen LogP contribution < -0.4 is 9.47 Å². The molecule has 0 N–H and O–H groups in total. The van der Waals surface area contributed by atoms with Crippen molar-refractivity contribution in [3.8, 4) is 23.3 Å². The predicted octanol–water partition coefficient (Wildman–Crippen LogP) is 7.21. The van der Waals surface area contributed by atoms with Gasteiger partial charge >= 0.3 is 0 Å². The first-order valence-corrected chi connectivity index (χ1v) is 12.7. The van der Waals surface area contributed by atoms with Crippen LogP contribution in [0.15, 0.2) is 46.6 Å². The molecule has 0 saturated heterocycles. The van der Waals surface area contributed by atoms with Gasteiger partial charge in [0.05, 0.1) is 24.3 Å². The Bertz CT molecular complexity index is 1120. The number of carbonyl (C=O) groups excluding carboxylic acids is 2. The van der Waals surface area contributed by atoms with Gasteiger partial charge in [0.1, 0.15) is 11.5 Å². The van der Waals surface area contributed by atoms with Crippen molar-refractivity contribution in [1.29, 1.82) is 0 Å². The lowest BCUT2D eigenvalue weighted by molar-refractivity contribution is 0.111. The number of aldehydes is 2. The van der Waals surface area contributed by atoms with Crippen molar-refractivity contribution < 1.29 is 19.1 Å². The van der Waals surface area contributed by atoms with Gasteiger partial charge in [-0.25, -0.2) is 0 Å². The van der Waals surface area contributed by atoms with Crippen LogP contribution in [0.3, 0.4) is 0 Å². The number of rotatable bonds is 18. The highest BCUT2D eigenvalue weighted by molar-refractivity contribution is 5.80. The van der Waals surface area contributed by atoms with Crippen LogP contribution in [0.4, 0.5) is 0 Å². The van der Waals surface area contributed by atoms with E-state index in [1.54, 1.807) is 36.4 Å². The van der Waals surface area contributed by atoms with Gasteiger partial charge in [0.2, 0.25) is 0 Å². The van der Waals surface area contributed by atoms with E-state index in [9.17, 15) is 9.59 Å². The maximum absolute atomic E-state index is 11.4. The molecule has 0 amide bonds. The third kappa shape index (κ3) is 11.5. The van der Waals surface area contributed by atoms with Crippen molar-refractivity contribution in [1.82, 2.24) is 0 Å². The lowest BCUT2D eigenvalue weighted by atomic mass is 10.1. The van der Waals surface area contributed by atoms with E-state index in [0.717, 1.165) is 63.9 Å². The predicted molar refractivity (Wildman–Crippen MR) is 146 cm³/mol. The number of azide groups is 2. The molecule has 0 spiro atoms. The number of nitrogens with zero attached hydrogens (tertiary/aromatic N) is 6. The van der Waals surface area contributed by atoms with E-state index in [-0.39, 0.29) is 0 Å². The molecule has 2 rings (SSSR count). The van der Waals surface area contributed by atoms with Crippen LogP contribution >= 0.6 is 0 Å². The van der Waals surface area contributed by atoms with Crippen molar-refractivity contribution >= 4 is 12.6 Å². The van der Waals surface area contributed by atoms with E-state index >= 15 is 0 Å². The Balaban J connectivity index is 1.94. The largest absolute Gasteiger partial charge is 0.493 e. The second-order valence-electron chi connectivity index (χ2n) is 8.43. The maximum atomic E-state index is 11.4. The van der Waals surface area contributed by atoms with E-state index in [1.165, 1.54) is 0 Å². The normalized spacial score (nSPS) is 9.79. The molecule has 0 saturated carbocycles. The fourth-order valence-electron chi connectivity index (χ4n) is 3.54. The molecule has 2 aromatic rings. The van der Waals surface area contributed by atoms with Gasteiger partial charge in [0, 0.05) is 34.0 Å². The average Bonchev–Trinajstić information content (AvgIpc) is 2.95. The highest BCUT2D eigenvalue weighted by atomic mass is 16.5. The fourth-order valence-corrected chi connectivity index (χ4v) is 3.54. The number of unbranched alkanes of at least 4 members (excludes halogenated alkanes) is 6. The minimum atomic E-state index is 0.461. The molecule has 0 unspecified atom stereocenters. The summed E-state index contributed by atoms with van der Waals surface area (Å²) in [7, 11) is 0.